The molecule has 22 heavy (non-hydrogen) atoms. The van der Waals surface area contributed by atoms with Gasteiger partial charge in [-0.05, 0) is 24.3 Å². The number of nitrogens with zero attached hydrogens (tertiary/aromatic N) is 1. The van der Waals surface area contributed by atoms with Crippen molar-refractivity contribution in [1.82, 2.24) is 4.98 Å². The third kappa shape index (κ3) is 3.29. The van der Waals surface area contributed by atoms with Crippen LogP contribution in [-0.2, 0) is 0 Å². The highest BCUT2D eigenvalue weighted by Crippen LogP contribution is 2.14. The van der Waals surface area contributed by atoms with Crippen molar-refractivity contribution in [1.29, 1.82) is 0 Å². The molecule has 3 rings (SSSR count). The molecule has 1 aromatic heterocycles. The lowest BCUT2D eigenvalue weighted by Gasteiger charge is -1.97. The summed E-state index contributed by atoms with van der Waals surface area (Å²) >= 11 is 0. The molecule has 0 atom stereocenters. The van der Waals surface area contributed by atoms with Gasteiger partial charge in [-0.25, -0.2) is 8.78 Å². The molecule has 106 valence electrons. The van der Waals surface area contributed by atoms with Gasteiger partial charge in [-0.2, -0.15) is 0 Å². The van der Waals surface area contributed by atoms with Crippen LogP contribution in [0.3, 0.4) is 0 Å². The van der Waals surface area contributed by atoms with E-state index in [0.717, 1.165) is 28.6 Å². The van der Waals surface area contributed by atoms with E-state index in [-0.39, 0.29) is 5.56 Å². The smallest absolute Gasteiger partial charge is 0.141 e. The van der Waals surface area contributed by atoms with Gasteiger partial charge in [-0.1, -0.05) is 36.1 Å². The molecule has 3 heteroatoms. The lowest BCUT2D eigenvalue weighted by atomic mass is 10.1. The summed E-state index contributed by atoms with van der Waals surface area (Å²) in [5.74, 6) is 3.16. The first kappa shape index (κ1) is 15.2. The first-order chi connectivity index (χ1) is 10.7. The van der Waals surface area contributed by atoms with Gasteiger partial charge < -0.3 is 0 Å². The van der Waals surface area contributed by atoms with E-state index in [1.165, 1.54) is 6.07 Å². The van der Waals surface area contributed by atoms with E-state index in [0.29, 0.717) is 0 Å². The number of aromatic nitrogens is 1. The van der Waals surface area contributed by atoms with Crippen molar-refractivity contribution in [3.05, 3.63) is 77.5 Å². The number of benzene rings is 2. The maximum atomic E-state index is 12.5. The van der Waals surface area contributed by atoms with Gasteiger partial charge in [-0.3, -0.25) is 4.98 Å². The Morgan fingerprint density at radius 2 is 1.50 bits per heavy atom. The molecule has 2 aromatic carbocycles. The monoisotopic (exact) mass is 291 g/mol. The second-order valence-electron chi connectivity index (χ2n) is 4.26. The van der Waals surface area contributed by atoms with Gasteiger partial charge in [0.2, 0.25) is 0 Å². The first-order valence-corrected chi connectivity index (χ1v) is 6.38. The maximum absolute atomic E-state index is 12.5. The van der Waals surface area contributed by atoms with Crippen LogP contribution in [-0.4, -0.2) is 4.98 Å². The summed E-state index contributed by atoms with van der Waals surface area (Å²) in [6, 6.07) is 13.2. The van der Waals surface area contributed by atoms with Crippen LogP contribution in [0, 0.1) is 36.3 Å². The van der Waals surface area contributed by atoms with Gasteiger partial charge in [-0.15, -0.1) is 12.8 Å². The number of para-hydroxylation sites is 1. The number of pyridine rings is 1. The van der Waals surface area contributed by atoms with Crippen LogP contribution < -0.4 is 0 Å². The van der Waals surface area contributed by atoms with Crippen molar-refractivity contribution < 1.29 is 8.78 Å². The number of fused-ring (bicyclic) bond motifs is 1. The molecular weight excluding hydrogens is 280 g/mol. The van der Waals surface area contributed by atoms with Crippen LogP contribution in [0.4, 0.5) is 8.78 Å². The fourth-order valence-electron chi connectivity index (χ4n) is 1.86. The summed E-state index contributed by atoms with van der Waals surface area (Å²) < 4.78 is 24.9. The highest BCUT2D eigenvalue weighted by molar-refractivity contribution is 5.84. The van der Waals surface area contributed by atoms with Crippen molar-refractivity contribution in [2.24, 2.45) is 0 Å². The average molecular weight is 291 g/mol. The van der Waals surface area contributed by atoms with Crippen molar-refractivity contribution in [2.75, 3.05) is 0 Å². The van der Waals surface area contributed by atoms with Crippen LogP contribution in [0.1, 0.15) is 11.1 Å². The Morgan fingerprint density at radius 1 is 0.818 bits per heavy atom. The Balaban J connectivity index is 0.000000164. The normalized spacial score (nSPS) is 9.27. The minimum atomic E-state index is -0.692. The Morgan fingerprint density at radius 3 is 2.09 bits per heavy atom. The van der Waals surface area contributed by atoms with Crippen molar-refractivity contribution >= 4 is 10.9 Å². The number of rotatable bonds is 0. The molecule has 0 amide bonds. The third-order valence-corrected chi connectivity index (χ3v) is 2.91. The van der Waals surface area contributed by atoms with Gasteiger partial charge in [0.25, 0.3) is 0 Å². The number of terminal acetylenes is 2. The van der Waals surface area contributed by atoms with Gasteiger partial charge in [0.15, 0.2) is 0 Å². The zero-order valence-corrected chi connectivity index (χ0v) is 11.6. The van der Waals surface area contributed by atoms with E-state index in [1.807, 2.05) is 36.3 Å². The maximum Gasteiger partial charge on any atom is 0.141 e. The molecule has 0 radical (unpaired) electrons. The van der Waals surface area contributed by atoms with E-state index in [1.54, 1.807) is 6.20 Å². The van der Waals surface area contributed by atoms with E-state index < -0.39 is 11.6 Å². The minimum absolute atomic E-state index is 0.303. The molecule has 0 spiro atoms. The molecule has 3 aromatic rings. The molecule has 0 unspecified atom stereocenters. The molecule has 1 nitrogen and oxygen atoms in total. The van der Waals surface area contributed by atoms with Crippen LogP contribution >= 0.6 is 0 Å². The SMILES string of the molecule is C#Cc1c(F)cccc1F.C#Cc1ccnc2ccccc12. The van der Waals surface area contributed by atoms with Crippen molar-refractivity contribution in [2.45, 2.75) is 0 Å². The van der Waals surface area contributed by atoms with Crippen molar-refractivity contribution in [3.8, 4) is 24.7 Å². The second-order valence-corrected chi connectivity index (χ2v) is 4.26. The summed E-state index contributed by atoms with van der Waals surface area (Å²) in [6.45, 7) is 0. The zero-order chi connectivity index (χ0) is 15.9. The summed E-state index contributed by atoms with van der Waals surface area (Å²) in [6.07, 6.45) is 11.9. The van der Waals surface area contributed by atoms with Crippen LogP contribution in [0.15, 0.2) is 54.7 Å². The van der Waals surface area contributed by atoms with Crippen molar-refractivity contribution in [3.63, 3.8) is 0 Å². The molecule has 0 aliphatic rings. The predicted molar refractivity (Wildman–Crippen MR) is 84.0 cm³/mol. The second kappa shape index (κ2) is 7.02. The quantitative estimate of drug-likeness (QED) is 0.567. The molecule has 0 bridgehead atoms. The molecule has 0 aliphatic carbocycles. The average Bonchev–Trinajstić information content (AvgIpc) is 2.55. The van der Waals surface area contributed by atoms with Gasteiger partial charge in [0.1, 0.15) is 11.6 Å². The Labute approximate surface area is 127 Å². The largest absolute Gasteiger partial charge is 0.256 e. The fourth-order valence-corrected chi connectivity index (χ4v) is 1.86. The Hall–Kier alpha value is -3.17. The predicted octanol–water partition coefficient (Wildman–Crippen LogP) is 4.16. The van der Waals surface area contributed by atoms with E-state index in [2.05, 4.69) is 10.9 Å². The molecule has 0 aliphatic heterocycles. The zero-order valence-electron chi connectivity index (χ0n) is 11.6. The van der Waals surface area contributed by atoms with E-state index in [4.69, 9.17) is 12.8 Å². The lowest BCUT2D eigenvalue weighted by molar-refractivity contribution is 0.577. The Kier molecular flexibility index (Phi) is 4.85. The van der Waals surface area contributed by atoms with Crippen LogP contribution in [0.5, 0.6) is 0 Å². The topological polar surface area (TPSA) is 12.9 Å². The molecule has 0 saturated carbocycles. The molecule has 0 saturated heterocycles. The van der Waals surface area contributed by atoms with Gasteiger partial charge >= 0.3 is 0 Å². The molecule has 0 N–H and O–H groups in total. The molecular formula is C19H11F2N. The number of halogens is 2. The summed E-state index contributed by atoms with van der Waals surface area (Å²) in [7, 11) is 0. The van der Waals surface area contributed by atoms with Crippen LogP contribution in [0.2, 0.25) is 0 Å². The standard InChI is InChI=1S/C11H7N.C8H4F2/c1-2-9-7-8-12-11-6-4-3-5-10(9)11;1-2-6-7(9)4-3-5-8(6)10/h1,3-8H;1,3-5H. The highest BCUT2D eigenvalue weighted by Gasteiger charge is 2.02. The fraction of sp³-hybridized carbons (Fsp3) is 0. The summed E-state index contributed by atoms with van der Waals surface area (Å²) in [4.78, 5) is 4.19. The summed E-state index contributed by atoms with van der Waals surface area (Å²) in [5.41, 5.74) is 1.55. The van der Waals surface area contributed by atoms with Gasteiger partial charge in [0.05, 0.1) is 11.1 Å². The summed E-state index contributed by atoms with van der Waals surface area (Å²) in [5, 5.41) is 1.04. The number of hydrogen-bond donors (Lipinski definition) is 0. The Bertz CT molecular complexity index is 860. The van der Waals surface area contributed by atoms with E-state index in [9.17, 15) is 8.78 Å². The van der Waals surface area contributed by atoms with E-state index >= 15 is 0 Å². The lowest BCUT2D eigenvalue weighted by Crippen LogP contribution is -1.87. The first-order valence-electron chi connectivity index (χ1n) is 6.38. The molecule has 0 fully saturated rings. The highest BCUT2D eigenvalue weighted by atomic mass is 19.1. The van der Waals surface area contributed by atoms with Gasteiger partial charge in [0, 0.05) is 17.1 Å². The third-order valence-electron chi connectivity index (χ3n) is 2.91. The van der Waals surface area contributed by atoms with Crippen LogP contribution in [0.25, 0.3) is 10.9 Å². The molecule has 1 heterocycles. The number of hydrogen-bond acceptors (Lipinski definition) is 1. The minimum Gasteiger partial charge on any atom is -0.256 e.